The van der Waals surface area contributed by atoms with Crippen molar-refractivity contribution >= 4 is 29.3 Å². The molecule has 2 amide bonds. The zero-order valence-electron chi connectivity index (χ0n) is 20.5. The summed E-state index contributed by atoms with van der Waals surface area (Å²) in [7, 11) is 1.55. The number of nitrogens with zero attached hydrogens (tertiary/aromatic N) is 3. The molecule has 186 valence electrons. The molecule has 3 N–H and O–H groups in total. The molecular formula is C25H31N5O4S. The molecule has 10 heteroatoms. The fourth-order valence-corrected chi connectivity index (χ4v) is 4.49. The van der Waals surface area contributed by atoms with E-state index in [1.54, 1.807) is 42.9 Å². The van der Waals surface area contributed by atoms with Crippen molar-refractivity contribution in [3.05, 3.63) is 65.0 Å². The molecule has 35 heavy (non-hydrogen) atoms. The van der Waals surface area contributed by atoms with Gasteiger partial charge in [-0.3, -0.25) is 9.59 Å². The first kappa shape index (κ1) is 26.2. The van der Waals surface area contributed by atoms with E-state index in [0.717, 1.165) is 16.8 Å². The molecule has 0 saturated carbocycles. The third kappa shape index (κ3) is 6.20. The van der Waals surface area contributed by atoms with Crippen LogP contribution in [-0.2, 0) is 11.3 Å². The number of para-hydroxylation sites is 1. The van der Waals surface area contributed by atoms with Gasteiger partial charge in [-0.15, -0.1) is 10.2 Å². The molecule has 2 unspecified atom stereocenters. The normalized spacial score (nSPS) is 12.6. The second-order valence-corrected chi connectivity index (χ2v) is 9.35. The van der Waals surface area contributed by atoms with Gasteiger partial charge in [-0.05, 0) is 63.1 Å². The van der Waals surface area contributed by atoms with E-state index in [0.29, 0.717) is 28.8 Å². The van der Waals surface area contributed by atoms with E-state index in [2.05, 4.69) is 20.8 Å². The fraction of sp³-hybridized carbons (Fsp3) is 0.360. The molecule has 0 bridgehead atoms. The van der Waals surface area contributed by atoms with Gasteiger partial charge in [-0.2, -0.15) is 0 Å². The van der Waals surface area contributed by atoms with Crippen LogP contribution in [0.4, 0.5) is 5.69 Å². The summed E-state index contributed by atoms with van der Waals surface area (Å²) in [6, 6.07) is 11.8. The average molecular weight is 498 g/mol. The predicted molar refractivity (Wildman–Crippen MR) is 136 cm³/mol. The number of amides is 2. The molecule has 3 aromatic rings. The SMILES string of the molecule is CCn1c(SC(C)C(=O)Nc2c(C)cccc2C)nnc1C(CO)NC(=O)c1ccc(OC)cc1. The topological polar surface area (TPSA) is 118 Å². The van der Waals surface area contributed by atoms with Crippen molar-refractivity contribution in [3.63, 3.8) is 0 Å². The number of hydrogen-bond donors (Lipinski definition) is 3. The van der Waals surface area contributed by atoms with Gasteiger partial charge < -0.3 is 25.0 Å². The number of anilines is 1. The van der Waals surface area contributed by atoms with E-state index >= 15 is 0 Å². The molecule has 0 spiro atoms. The smallest absolute Gasteiger partial charge is 0.251 e. The van der Waals surface area contributed by atoms with Crippen LogP contribution in [0.3, 0.4) is 0 Å². The maximum atomic E-state index is 12.9. The van der Waals surface area contributed by atoms with Crippen molar-refractivity contribution in [2.24, 2.45) is 0 Å². The van der Waals surface area contributed by atoms with Crippen LogP contribution in [0.2, 0.25) is 0 Å². The molecule has 0 aliphatic carbocycles. The number of thioether (sulfide) groups is 1. The maximum absolute atomic E-state index is 12.9. The Kier molecular flexibility index (Phi) is 8.89. The number of aliphatic hydroxyl groups excluding tert-OH is 1. The van der Waals surface area contributed by atoms with Gasteiger partial charge in [0.05, 0.1) is 19.0 Å². The number of ether oxygens (including phenoxy) is 1. The summed E-state index contributed by atoms with van der Waals surface area (Å²) in [6.07, 6.45) is 0. The molecule has 3 rings (SSSR count). The minimum Gasteiger partial charge on any atom is -0.497 e. The van der Waals surface area contributed by atoms with Gasteiger partial charge in [0, 0.05) is 17.8 Å². The molecule has 1 aromatic heterocycles. The Balaban J connectivity index is 1.73. The highest BCUT2D eigenvalue weighted by molar-refractivity contribution is 8.00. The van der Waals surface area contributed by atoms with Crippen LogP contribution in [0.25, 0.3) is 0 Å². The zero-order valence-corrected chi connectivity index (χ0v) is 21.3. The number of aromatic nitrogens is 3. The third-order valence-corrected chi connectivity index (χ3v) is 6.67. The Hall–Kier alpha value is -3.37. The maximum Gasteiger partial charge on any atom is 0.251 e. The summed E-state index contributed by atoms with van der Waals surface area (Å²) in [6.45, 7) is 7.78. The summed E-state index contributed by atoms with van der Waals surface area (Å²) in [5, 5.41) is 24.3. The Morgan fingerprint density at radius 3 is 2.34 bits per heavy atom. The van der Waals surface area contributed by atoms with Crippen LogP contribution in [0.1, 0.15) is 47.2 Å². The van der Waals surface area contributed by atoms with E-state index in [4.69, 9.17) is 4.74 Å². The molecular weight excluding hydrogens is 466 g/mol. The minimum atomic E-state index is -0.759. The molecule has 1 heterocycles. The molecule has 2 aromatic carbocycles. The van der Waals surface area contributed by atoms with Gasteiger partial charge in [0.1, 0.15) is 11.8 Å². The number of aryl methyl sites for hydroxylation is 2. The van der Waals surface area contributed by atoms with Crippen LogP contribution < -0.4 is 15.4 Å². The van der Waals surface area contributed by atoms with E-state index in [-0.39, 0.29) is 18.4 Å². The molecule has 0 saturated heterocycles. The number of methoxy groups -OCH3 is 1. The molecule has 0 aliphatic heterocycles. The van der Waals surface area contributed by atoms with Gasteiger partial charge in [-0.25, -0.2) is 0 Å². The number of aliphatic hydroxyl groups is 1. The van der Waals surface area contributed by atoms with Crippen molar-refractivity contribution < 1.29 is 19.4 Å². The number of carbonyl (C=O) groups excluding carboxylic acids is 2. The predicted octanol–water partition coefficient (Wildman–Crippen LogP) is 3.51. The molecule has 0 aliphatic rings. The highest BCUT2D eigenvalue weighted by Crippen LogP contribution is 2.27. The van der Waals surface area contributed by atoms with Crippen LogP contribution in [0, 0.1) is 13.8 Å². The number of nitrogens with one attached hydrogen (secondary N) is 2. The van der Waals surface area contributed by atoms with Crippen molar-refractivity contribution in [3.8, 4) is 5.75 Å². The fourth-order valence-electron chi connectivity index (χ4n) is 3.57. The number of carbonyl (C=O) groups is 2. The van der Waals surface area contributed by atoms with Gasteiger partial charge in [0.25, 0.3) is 5.91 Å². The van der Waals surface area contributed by atoms with Crippen LogP contribution in [0.5, 0.6) is 5.75 Å². The summed E-state index contributed by atoms with van der Waals surface area (Å²) < 4.78 is 6.92. The van der Waals surface area contributed by atoms with Gasteiger partial charge in [0.15, 0.2) is 11.0 Å². The lowest BCUT2D eigenvalue weighted by Gasteiger charge is -2.18. The first-order valence-corrected chi connectivity index (χ1v) is 12.2. The summed E-state index contributed by atoms with van der Waals surface area (Å²) >= 11 is 1.27. The van der Waals surface area contributed by atoms with Crippen molar-refractivity contribution in [2.75, 3.05) is 19.0 Å². The molecule has 0 fully saturated rings. The number of benzene rings is 2. The highest BCUT2D eigenvalue weighted by atomic mass is 32.2. The largest absolute Gasteiger partial charge is 0.497 e. The van der Waals surface area contributed by atoms with Crippen LogP contribution in [-0.4, -0.2) is 50.7 Å². The summed E-state index contributed by atoms with van der Waals surface area (Å²) in [5.41, 5.74) is 3.23. The first-order chi connectivity index (χ1) is 16.8. The second kappa shape index (κ2) is 11.9. The minimum absolute atomic E-state index is 0.147. The van der Waals surface area contributed by atoms with Gasteiger partial charge in [-0.1, -0.05) is 30.0 Å². The first-order valence-electron chi connectivity index (χ1n) is 11.3. The molecule has 0 radical (unpaired) electrons. The van der Waals surface area contributed by atoms with Crippen molar-refractivity contribution in [1.82, 2.24) is 20.1 Å². The lowest BCUT2D eigenvalue weighted by Crippen LogP contribution is -2.33. The van der Waals surface area contributed by atoms with E-state index < -0.39 is 11.3 Å². The van der Waals surface area contributed by atoms with E-state index in [9.17, 15) is 14.7 Å². The monoisotopic (exact) mass is 497 g/mol. The van der Waals surface area contributed by atoms with Gasteiger partial charge in [0.2, 0.25) is 5.91 Å². The Labute approximate surface area is 209 Å². The standard InChI is InChI=1S/C25H31N5O4S/c1-6-30-22(20(14-31)26-24(33)18-10-12-19(34-5)13-11-18)28-29-25(30)35-17(4)23(32)27-21-15(2)8-7-9-16(21)3/h7-13,17,20,31H,6,14H2,1-5H3,(H,26,33)(H,27,32). The van der Waals surface area contributed by atoms with Crippen LogP contribution >= 0.6 is 11.8 Å². The summed E-state index contributed by atoms with van der Waals surface area (Å²) in [5.74, 6) is 0.559. The highest BCUT2D eigenvalue weighted by Gasteiger charge is 2.25. The van der Waals surface area contributed by atoms with Crippen LogP contribution in [0.15, 0.2) is 47.6 Å². The lowest BCUT2D eigenvalue weighted by atomic mass is 10.1. The summed E-state index contributed by atoms with van der Waals surface area (Å²) in [4.78, 5) is 25.6. The van der Waals surface area contributed by atoms with E-state index in [1.807, 2.05) is 39.0 Å². The average Bonchev–Trinajstić information content (AvgIpc) is 3.26. The zero-order chi connectivity index (χ0) is 25.5. The Bertz CT molecular complexity index is 1160. The molecule has 2 atom stereocenters. The number of hydrogen-bond acceptors (Lipinski definition) is 7. The number of rotatable bonds is 10. The van der Waals surface area contributed by atoms with E-state index in [1.165, 1.54) is 11.8 Å². The van der Waals surface area contributed by atoms with Crippen molar-refractivity contribution in [2.45, 2.75) is 50.7 Å². The van der Waals surface area contributed by atoms with Crippen molar-refractivity contribution in [1.29, 1.82) is 0 Å². The van der Waals surface area contributed by atoms with Gasteiger partial charge >= 0.3 is 0 Å². The lowest BCUT2D eigenvalue weighted by molar-refractivity contribution is -0.115. The Morgan fingerprint density at radius 2 is 1.77 bits per heavy atom. The molecule has 9 nitrogen and oxygen atoms in total. The third-order valence-electron chi connectivity index (χ3n) is 5.59. The quantitative estimate of drug-likeness (QED) is 0.367. The Morgan fingerprint density at radius 1 is 1.11 bits per heavy atom. The second-order valence-electron chi connectivity index (χ2n) is 8.04.